The van der Waals surface area contributed by atoms with E-state index in [2.05, 4.69) is 9.97 Å². The molecule has 2 rings (SSSR count). The second-order valence-corrected chi connectivity index (χ2v) is 3.01. The van der Waals surface area contributed by atoms with Crippen molar-refractivity contribution < 1.29 is 4.39 Å². The van der Waals surface area contributed by atoms with Crippen molar-refractivity contribution in [3.63, 3.8) is 0 Å². The van der Waals surface area contributed by atoms with Crippen LogP contribution in [0.1, 0.15) is 0 Å². The first-order valence-corrected chi connectivity index (χ1v) is 3.99. The highest BCUT2D eigenvalue weighted by molar-refractivity contribution is 7.71. The second-order valence-electron chi connectivity index (χ2n) is 2.60. The Kier molecular flexibility index (Phi) is 1.73. The summed E-state index contributed by atoms with van der Waals surface area (Å²) in [6.45, 7) is 0. The number of rotatable bonds is 0. The van der Waals surface area contributed by atoms with Crippen molar-refractivity contribution in [3.8, 4) is 0 Å². The van der Waals surface area contributed by atoms with E-state index in [9.17, 15) is 9.18 Å². The molecule has 0 spiro atoms. The molecule has 2 N–H and O–H groups in total. The fourth-order valence-corrected chi connectivity index (χ4v) is 1.40. The fraction of sp³-hybridized carbons (Fsp3) is 0. The van der Waals surface area contributed by atoms with Gasteiger partial charge >= 0.3 is 5.69 Å². The predicted molar refractivity (Wildman–Crippen MR) is 49.7 cm³/mol. The van der Waals surface area contributed by atoms with Crippen LogP contribution in [0.2, 0.25) is 0 Å². The van der Waals surface area contributed by atoms with Crippen LogP contribution in [-0.2, 0) is 0 Å². The molecule has 0 radical (unpaired) electrons. The van der Waals surface area contributed by atoms with Crippen LogP contribution in [-0.4, -0.2) is 9.97 Å². The maximum Gasteiger partial charge on any atom is 0.324 e. The van der Waals surface area contributed by atoms with Gasteiger partial charge in [-0.15, -0.1) is 0 Å². The van der Waals surface area contributed by atoms with E-state index in [4.69, 9.17) is 12.2 Å². The number of aromatic amines is 2. The van der Waals surface area contributed by atoms with Gasteiger partial charge in [-0.25, -0.2) is 9.18 Å². The molecule has 0 saturated carbocycles. The molecule has 0 amide bonds. The molecular formula is C8H5FN2OS. The van der Waals surface area contributed by atoms with E-state index in [1.165, 1.54) is 18.2 Å². The zero-order chi connectivity index (χ0) is 9.42. The van der Waals surface area contributed by atoms with Crippen LogP contribution in [0, 0.1) is 10.5 Å². The lowest BCUT2D eigenvalue weighted by Crippen LogP contribution is -2.09. The van der Waals surface area contributed by atoms with Crippen molar-refractivity contribution in [1.82, 2.24) is 9.97 Å². The molecule has 66 valence electrons. The van der Waals surface area contributed by atoms with E-state index in [1.54, 1.807) is 0 Å². The fourth-order valence-electron chi connectivity index (χ4n) is 1.14. The minimum Gasteiger partial charge on any atom is -0.307 e. The topological polar surface area (TPSA) is 48.6 Å². The Bertz CT molecular complexity index is 572. The molecule has 13 heavy (non-hydrogen) atoms. The van der Waals surface area contributed by atoms with Crippen molar-refractivity contribution in [2.45, 2.75) is 0 Å². The van der Waals surface area contributed by atoms with Crippen LogP contribution in [0.3, 0.4) is 0 Å². The third kappa shape index (κ3) is 1.38. The van der Waals surface area contributed by atoms with Crippen molar-refractivity contribution in [2.24, 2.45) is 0 Å². The first-order valence-electron chi connectivity index (χ1n) is 3.59. The number of aromatic nitrogens is 2. The van der Waals surface area contributed by atoms with Gasteiger partial charge in [-0.2, -0.15) is 0 Å². The first-order chi connectivity index (χ1) is 6.16. The standard InChI is InChI=1S/C8H5FN2OS/c9-4-1-2-6-5(3-4)7(13)11-8(12)10-6/h1-3H,(H2,10,11,12,13). The monoisotopic (exact) mass is 196 g/mol. The minimum absolute atomic E-state index is 0.248. The van der Waals surface area contributed by atoms with Crippen molar-refractivity contribution >= 4 is 23.1 Å². The summed E-state index contributed by atoms with van der Waals surface area (Å²) < 4.78 is 13.0. The van der Waals surface area contributed by atoms with E-state index in [1.807, 2.05) is 0 Å². The summed E-state index contributed by atoms with van der Waals surface area (Å²) in [4.78, 5) is 15.8. The smallest absolute Gasteiger partial charge is 0.307 e. The summed E-state index contributed by atoms with van der Waals surface area (Å²) in [6, 6.07) is 4.03. The maximum absolute atomic E-state index is 12.8. The summed E-state index contributed by atoms with van der Waals surface area (Å²) in [5.41, 5.74) is 0.152. The molecule has 2 aromatic rings. The van der Waals surface area contributed by atoms with Gasteiger partial charge < -0.3 is 4.98 Å². The molecule has 5 heteroatoms. The van der Waals surface area contributed by atoms with E-state index in [-0.39, 0.29) is 16.1 Å². The van der Waals surface area contributed by atoms with Gasteiger partial charge in [0, 0.05) is 5.39 Å². The molecule has 1 heterocycles. The quantitative estimate of drug-likeness (QED) is 0.630. The van der Waals surface area contributed by atoms with Crippen LogP contribution in [0.25, 0.3) is 10.9 Å². The molecule has 0 aliphatic rings. The average molecular weight is 196 g/mol. The lowest BCUT2D eigenvalue weighted by molar-refractivity contribution is 0.629. The number of halogens is 1. The van der Waals surface area contributed by atoms with Gasteiger partial charge in [0.25, 0.3) is 0 Å². The largest absolute Gasteiger partial charge is 0.324 e. The van der Waals surface area contributed by atoms with Gasteiger partial charge in [-0.1, -0.05) is 12.2 Å². The molecule has 0 fully saturated rings. The molecule has 3 nitrogen and oxygen atoms in total. The van der Waals surface area contributed by atoms with Gasteiger partial charge in [0.15, 0.2) is 0 Å². The van der Waals surface area contributed by atoms with Crippen LogP contribution < -0.4 is 5.69 Å². The Hall–Kier alpha value is -1.49. The van der Waals surface area contributed by atoms with Crippen molar-refractivity contribution in [1.29, 1.82) is 0 Å². The Morgan fingerprint density at radius 1 is 1.31 bits per heavy atom. The number of benzene rings is 1. The molecule has 0 bridgehead atoms. The highest BCUT2D eigenvalue weighted by Gasteiger charge is 1.98. The number of H-pyrrole nitrogens is 2. The summed E-state index contributed by atoms with van der Waals surface area (Å²) in [6.07, 6.45) is 0. The summed E-state index contributed by atoms with van der Waals surface area (Å²) in [5, 5.41) is 0.509. The Balaban J connectivity index is 3.04. The molecule has 0 aliphatic carbocycles. The van der Waals surface area contributed by atoms with E-state index < -0.39 is 0 Å². The summed E-state index contributed by atoms with van der Waals surface area (Å²) in [7, 11) is 0. The number of hydrogen-bond donors (Lipinski definition) is 2. The van der Waals surface area contributed by atoms with Crippen LogP contribution in [0.4, 0.5) is 4.39 Å². The molecule has 1 aromatic heterocycles. The lowest BCUT2D eigenvalue weighted by Gasteiger charge is -1.96. The van der Waals surface area contributed by atoms with Crippen LogP contribution in [0.5, 0.6) is 0 Å². The third-order valence-corrected chi connectivity index (χ3v) is 2.02. The van der Waals surface area contributed by atoms with Gasteiger partial charge in [-0.05, 0) is 18.2 Å². The van der Waals surface area contributed by atoms with Crippen molar-refractivity contribution in [3.05, 3.63) is 39.1 Å². The SMILES string of the molecule is O=c1[nH]c(=S)c2cc(F)ccc2[nH]1. The highest BCUT2D eigenvalue weighted by Crippen LogP contribution is 2.11. The van der Waals surface area contributed by atoms with Gasteiger partial charge in [0.1, 0.15) is 10.5 Å². The number of nitrogens with one attached hydrogen (secondary N) is 2. The van der Waals surface area contributed by atoms with Crippen LogP contribution in [0.15, 0.2) is 23.0 Å². The Labute approximate surface area is 77.2 Å². The maximum atomic E-state index is 12.8. The minimum atomic E-state index is -0.385. The Morgan fingerprint density at radius 3 is 2.85 bits per heavy atom. The van der Waals surface area contributed by atoms with Gasteiger partial charge in [0.05, 0.1) is 5.52 Å². The normalized spacial score (nSPS) is 10.5. The second kappa shape index (κ2) is 2.77. The molecule has 1 aromatic carbocycles. The van der Waals surface area contributed by atoms with Crippen molar-refractivity contribution in [2.75, 3.05) is 0 Å². The summed E-state index contributed by atoms with van der Waals surface area (Å²) >= 11 is 4.86. The van der Waals surface area contributed by atoms with E-state index in [0.717, 1.165) is 0 Å². The Morgan fingerprint density at radius 2 is 2.08 bits per heavy atom. The lowest BCUT2D eigenvalue weighted by atomic mass is 10.2. The number of hydrogen-bond acceptors (Lipinski definition) is 2. The predicted octanol–water partition coefficient (Wildman–Crippen LogP) is 1.72. The third-order valence-electron chi connectivity index (χ3n) is 1.70. The highest BCUT2D eigenvalue weighted by atomic mass is 32.1. The first kappa shape index (κ1) is 8.12. The van der Waals surface area contributed by atoms with Gasteiger partial charge in [-0.3, -0.25) is 4.98 Å². The molecular weight excluding hydrogens is 191 g/mol. The zero-order valence-corrected chi connectivity index (χ0v) is 7.24. The van der Waals surface area contributed by atoms with E-state index >= 15 is 0 Å². The molecule has 0 saturated heterocycles. The van der Waals surface area contributed by atoms with E-state index in [0.29, 0.717) is 10.9 Å². The van der Waals surface area contributed by atoms with Crippen LogP contribution >= 0.6 is 12.2 Å². The zero-order valence-electron chi connectivity index (χ0n) is 6.43. The summed E-state index contributed by atoms with van der Waals surface area (Å²) in [5.74, 6) is -0.376. The average Bonchev–Trinajstić information content (AvgIpc) is 2.06. The molecule has 0 atom stereocenters. The molecule has 0 aliphatic heterocycles. The molecule has 0 unspecified atom stereocenters. The van der Waals surface area contributed by atoms with Gasteiger partial charge in [0.2, 0.25) is 0 Å². The number of fused-ring (bicyclic) bond motifs is 1.